The number of benzene rings is 3. The molecule has 1 heterocycles. The number of carbonyl (C=O) groups excluding carboxylic acids is 1. The van der Waals surface area contributed by atoms with Gasteiger partial charge < -0.3 is 14.5 Å². The van der Waals surface area contributed by atoms with Crippen molar-refractivity contribution in [2.75, 3.05) is 12.4 Å². The first-order valence-corrected chi connectivity index (χ1v) is 8.44. The van der Waals surface area contributed by atoms with Gasteiger partial charge in [-0.25, -0.2) is 0 Å². The molecule has 0 unspecified atom stereocenters. The number of para-hydroxylation sites is 1. The number of nitrogens with one attached hydrogen (secondary N) is 1. The number of methoxy groups -OCH3 is 1. The molecule has 3 aromatic carbocycles. The minimum Gasteiger partial charge on any atom is -0.495 e. The molecule has 130 valence electrons. The number of anilines is 1. The smallest absolute Gasteiger partial charge is 0.255 e. The van der Waals surface area contributed by atoms with Gasteiger partial charge in [0.25, 0.3) is 5.91 Å². The van der Waals surface area contributed by atoms with Crippen LogP contribution in [0.4, 0.5) is 5.69 Å². The average Bonchev–Trinajstić information content (AvgIpc) is 3.00. The fourth-order valence-corrected chi connectivity index (χ4v) is 3.10. The van der Waals surface area contributed by atoms with Crippen LogP contribution in [0, 0.1) is 13.8 Å². The van der Waals surface area contributed by atoms with Crippen LogP contribution in [0.2, 0.25) is 0 Å². The van der Waals surface area contributed by atoms with Gasteiger partial charge in [-0.05, 0) is 49.2 Å². The van der Waals surface area contributed by atoms with Crippen LogP contribution in [-0.4, -0.2) is 13.0 Å². The van der Waals surface area contributed by atoms with Crippen molar-refractivity contribution >= 4 is 33.5 Å². The van der Waals surface area contributed by atoms with E-state index in [9.17, 15) is 4.79 Å². The molecule has 0 aliphatic heterocycles. The van der Waals surface area contributed by atoms with E-state index in [1.54, 1.807) is 7.11 Å². The summed E-state index contributed by atoms with van der Waals surface area (Å²) in [5.74, 6) is 0.420. The van der Waals surface area contributed by atoms with Crippen LogP contribution < -0.4 is 10.1 Å². The monoisotopic (exact) mass is 345 g/mol. The van der Waals surface area contributed by atoms with E-state index in [0.29, 0.717) is 22.6 Å². The van der Waals surface area contributed by atoms with E-state index in [1.165, 1.54) is 0 Å². The zero-order chi connectivity index (χ0) is 18.3. The Kier molecular flexibility index (Phi) is 3.88. The van der Waals surface area contributed by atoms with Crippen LogP contribution in [0.1, 0.15) is 21.5 Å². The van der Waals surface area contributed by atoms with Gasteiger partial charge in [0.15, 0.2) is 0 Å². The van der Waals surface area contributed by atoms with E-state index in [1.807, 2.05) is 68.4 Å². The van der Waals surface area contributed by atoms with Gasteiger partial charge in [0.1, 0.15) is 16.9 Å². The summed E-state index contributed by atoms with van der Waals surface area (Å²) < 4.78 is 11.4. The second kappa shape index (κ2) is 6.23. The largest absolute Gasteiger partial charge is 0.495 e. The van der Waals surface area contributed by atoms with Crippen LogP contribution in [0.3, 0.4) is 0 Å². The van der Waals surface area contributed by atoms with Gasteiger partial charge in [-0.3, -0.25) is 4.79 Å². The second-order valence-electron chi connectivity index (χ2n) is 6.40. The van der Waals surface area contributed by atoms with Gasteiger partial charge in [0.2, 0.25) is 0 Å². The Labute approximate surface area is 151 Å². The minimum atomic E-state index is -0.179. The zero-order valence-electron chi connectivity index (χ0n) is 14.9. The molecule has 0 aliphatic rings. The summed E-state index contributed by atoms with van der Waals surface area (Å²) in [6.45, 7) is 4.02. The molecule has 4 rings (SSSR count). The van der Waals surface area contributed by atoms with Crippen molar-refractivity contribution in [1.29, 1.82) is 0 Å². The SMILES string of the molecule is COc1cc2c(cc1NC(=O)c1ccc(C)c(C)c1)oc1ccccc12. The van der Waals surface area contributed by atoms with Crippen LogP contribution in [0.5, 0.6) is 5.75 Å². The molecule has 0 bridgehead atoms. The molecule has 1 amide bonds. The number of fused-ring (bicyclic) bond motifs is 3. The summed E-state index contributed by atoms with van der Waals surface area (Å²) in [4.78, 5) is 12.7. The number of hydrogen-bond acceptors (Lipinski definition) is 3. The molecule has 0 atom stereocenters. The predicted molar refractivity (Wildman–Crippen MR) is 104 cm³/mol. The van der Waals surface area contributed by atoms with Crippen molar-refractivity contribution in [3.63, 3.8) is 0 Å². The molecule has 0 saturated heterocycles. The summed E-state index contributed by atoms with van der Waals surface area (Å²) in [7, 11) is 1.59. The molecule has 4 nitrogen and oxygen atoms in total. The second-order valence-corrected chi connectivity index (χ2v) is 6.40. The molecule has 1 aromatic heterocycles. The number of carbonyl (C=O) groups is 1. The zero-order valence-corrected chi connectivity index (χ0v) is 14.9. The lowest BCUT2D eigenvalue weighted by Crippen LogP contribution is -2.13. The molecular formula is C22H19NO3. The normalized spacial score (nSPS) is 11.0. The van der Waals surface area contributed by atoms with Gasteiger partial charge >= 0.3 is 0 Å². The Morgan fingerprint density at radius 2 is 1.73 bits per heavy atom. The fourth-order valence-electron chi connectivity index (χ4n) is 3.10. The molecule has 0 spiro atoms. The summed E-state index contributed by atoms with van der Waals surface area (Å²) in [5.41, 5.74) is 4.95. The van der Waals surface area contributed by atoms with Crippen molar-refractivity contribution in [1.82, 2.24) is 0 Å². The maximum absolute atomic E-state index is 12.7. The highest BCUT2D eigenvalue weighted by molar-refractivity contribution is 6.10. The van der Waals surface area contributed by atoms with E-state index < -0.39 is 0 Å². The number of aryl methyl sites for hydroxylation is 2. The molecule has 1 N–H and O–H groups in total. The van der Waals surface area contributed by atoms with Gasteiger partial charge in [-0.2, -0.15) is 0 Å². The molecule has 0 saturated carbocycles. The maximum atomic E-state index is 12.7. The third-order valence-electron chi connectivity index (χ3n) is 4.72. The van der Waals surface area contributed by atoms with E-state index in [2.05, 4.69) is 5.32 Å². The third kappa shape index (κ3) is 2.69. The number of amides is 1. The Balaban J connectivity index is 1.76. The van der Waals surface area contributed by atoms with Crippen LogP contribution in [-0.2, 0) is 0 Å². The number of rotatable bonds is 3. The van der Waals surface area contributed by atoms with Crippen molar-refractivity contribution in [2.24, 2.45) is 0 Å². The first-order valence-electron chi connectivity index (χ1n) is 8.44. The minimum absolute atomic E-state index is 0.179. The third-order valence-corrected chi connectivity index (χ3v) is 4.72. The predicted octanol–water partition coefficient (Wildman–Crippen LogP) is 5.46. The quantitative estimate of drug-likeness (QED) is 0.536. The number of ether oxygens (including phenoxy) is 1. The highest BCUT2D eigenvalue weighted by atomic mass is 16.5. The molecule has 4 heteroatoms. The lowest BCUT2D eigenvalue weighted by Gasteiger charge is -2.11. The maximum Gasteiger partial charge on any atom is 0.255 e. The lowest BCUT2D eigenvalue weighted by molar-refractivity contribution is 0.102. The first-order chi connectivity index (χ1) is 12.6. The van der Waals surface area contributed by atoms with Gasteiger partial charge in [0.05, 0.1) is 12.8 Å². The van der Waals surface area contributed by atoms with Crippen LogP contribution >= 0.6 is 0 Å². The standard InChI is InChI=1S/C22H19NO3/c1-13-8-9-15(10-14(13)2)22(24)23-18-12-20-17(11-21(18)25-3)16-6-4-5-7-19(16)26-20/h4-12H,1-3H3,(H,23,24). The lowest BCUT2D eigenvalue weighted by atomic mass is 10.1. The fraction of sp³-hybridized carbons (Fsp3) is 0.136. The van der Waals surface area contributed by atoms with Gasteiger partial charge in [-0.15, -0.1) is 0 Å². The Morgan fingerprint density at radius 3 is 2.50 bits per heavy atom. The summed E-state index contributed by atoms with van der Waals surface area (Å²) >= 11 is 0. The van der Waals surface area contributed by atoms with E-state index in [0.717, 1.165) is 27.5 Å². The first kappa shape index (κ1) is 16.2. The van der Waals surface area contributed by atoms with E-state index in [4.69, 9.17) is 9.15 Å². The van der Waals surface area contributed by atoms with Crippen molar-refractivity contribution in [3.8, 4) is 5.75 Å². The number of hydrogen-bond donors (Lipinski definition) is 1. The highest BCUT2D eigenvalue weighted by Gasteiger charge is 2.15. The summed E-state index contributed by atoms with van der Waals surface area (Å²) in [6.07, 6.45) is 0. The number of furan rings is 1. The van der Waals surface area contributed by atoms with Crippen molar-refractivity contribution in [3.05, 3.63) is 71.3 Å². The molecular weight excluding hydrogens is 326 g/mol. The Morgan fingerprint density at radius 1 is 0.923 bits per heavy atom. The molecule has 26 heavy (non-hydrogen) atoms. The van der Waals surface area contributed by atoms with E-state index >= 15 is 0 Å². The molecule has 0 radical (unpaired) electrons. The topological polar surface area (TPSA) is 51.5 Å². The molecule has 4 aromatic rings. The molecule has 0 fully saturated rings. The van der Waals surface area contributed by atoms with Gasteiger partial charge in [0, 0.05) is 22.4 Å². The summed E-state index contributed by atoms with van der Waals surface area (Å²) in [5, 5.41) is 4.92. The average molecular weight is 345 g/mol. The van der Waals surface area contributed by atoms with E-state index in [-0.39, 0.29) is 5.91 Å². The van der Waals surface area contributed by atoms with Crippen LogP contribution in [0.25, 0.3) is 21.9 Å². The Bertz CT molecular complexity index is 1140. The van der Waals surface area contributed by atoms with Crippen molar-refractivity contribution < 1.29 is 13.9 Å². The summed E-state index contributed by atoms with van der Waals surface area (Å²) in [6, 6.07) is 17.2. The molecule has 0 aliphatic carbocycles. The highest BCUT2D eigenvalue weighted by Crippen LogP contribution is 2.36. The van der Waals surface area contributed by atoms with Crippen LogP contribution in [0.15, 0.2) is 59.0 Å². The Hall–Kier alpha value is -3.27. The van der Waals surface area contributed by atoms with Gasteiger partial charge in [-0.1, -0.05) is 24.3 Å². The van der Waals surface area contributed by atoms with Crippen molar-refractivity contribution in [2.45, 2.75) is 13.8 Å².